The second-order valence-electron chi connectivity index (χ2n) is 3.47. The van der Waals surface area contributed by atoms with Crippen molar-refractivity contribution in [3.8, 4) is 0 Å². The topological polar surface area (TPSA) is 115 Å². The number of halogens is 1. The summed E-state index contributed by atoms with van der Waals surface area (Å²) in [7, 11) is 0. The summed E-state index contributed by atoms with van der Waals surface area (Å²) in [6, 6.07) is 0. The maximum atomic E-state index is 10.6. The van der Waals surface area contributed by atoms with Gasteiger partial charge in [-0.15, -0.1) is 0 Å². The van der Waals surface area contributed by atoms with E-state index in [4.69, 9.17) is 22.1 Å². The Morgan fingerprint density at radius 3 is 2.67 bits per heavy atom. The van der Waals surface area contributed by atoms with Gasteiger partial charge in [-0.25, -0.2) is 0 Å². The van der Waals surface area contributed by atoms with Gasteiger partial charge >= 0.3 is 98.8 Å². The van der Waals surface area contributed by atoms with Crippen LogP contribution in [0, 0.1) is 5.21 Å². The van der Waals surface area contributed by atoms with E-state index in [1.54, 1.807) is 6.08 Å². The van der Waals surface area contributed by atoms with Gasteiger partial charge in [0.15, 0.2) is 0 Å². The Morgan fingerprint density at radius 2 is 2.20 bits per heavy atom. The number of allylic oxidation sites excluding steroid dienone is 3. The Bertz CT molecular complexity index is 316. The summed E-state index contributed by atoms with van der Waals surface area (Å²) in [5.74, 6) is 5.20. The van der Waals surface area contributed by atoms with Crippen LogP contribution in [0.4, 0.5) is 0 Å². The molecule has 6 nitrogen and oxygen atoms in total. The zero-order valence-electron chi connectivity index (χ0n) is 8.71. The van der Waals surface area contributed by atoms with Gasteiger partial charge in [0.2, 0.25) is 0 Å². The first-order valence-corrected chi connectivity index (χ1v) is 7.57. The zero-order valence-corrected chi connectivity index (χ0v) is 10.9. The fourth-order valence-electron chi connectivity index (χ4n) is 1.31. The van der Waals surface area contributed by atoms with E-state index < -0.39 is 5.34 Å². The summed E-state index contributed by atoms with van der Waals surface area (Å²) in [6.07, 6.45) is 2.23. The van der Waals surface area contributed by atoms with Crippen LogP contribution in [-0.2, 0) is 4.84 Å². The van der Waals surface area contributed by atoms with Gasteiger partial charge in [0.05, 0.1) is 0 Å². The summed E-state index contributed by atoms with van der Waals surface area (Å²) in [5.41, 5.74) is 13.0. The molecular weight excluding hydrogens is 311 g/mol. The molecule has 0 radical (unpaired) electrons. The van der Waals surface area contributed by atoms with Gasteiger partial charge in [-0.2, -0.15) is 0 Å². The van der Waals surface area contributed by atoms with Gasteiger partial charge in [-0.3, -0.25) is 0 Å². The van der Waals surface area contributed by atoms with Crippen LogP contribution in [0.2, 0.25) is 0 Å². The van der Waals surface area contributed by atoms with Crippen molar-refractivity contribution in [3.63, 3.8) is 0 Å². The van der Waals surface area contributed by atoms with Crippen LogP contribution in [0.1, 0.15) is 13.3 Å². The quantitative estimate of drug-likeness (QED) is 0.179. The first kappa shape index (κ1) is 12.6. The van der Waals surface area contributed by atoms with E-state index in [-0.39, 0.29) is 30.4 Å². The summed E-state index contributed by atoms with van der Waals surface area (Å²) >= 11 is -0.0844. The van der Waals surface area contributed by atoms with E-state index in [9.17, 15) is 5.21 Å². The third kappa shape index (κ3) is 2.74. The number of hydrogen-bond acceptors (Lipinski definition) is 5. The number of hydrogen-bond donors (Lipinski definition) is 4. The molecule has 0 aliphatic heterocycles. The molecule has 0 amide bonds. The predicted octanol–water partition coefficient (Wildman–Crippen LogP) is -4.93. The first-order valence-electron chi connectivity index (χ1n) is 4.33. The number of alkyl halides is 2. The molecule has 2 unspecified atom stereocenters. The van der Waals surface area contributed by atoms with Crippen LogP contribution in [0.15, 0.2) is 23.2 Å². The summed E-state index contributed by atoms with van der Waals surface area (Å²) in [4.78, 5) is 6.91. The second-order valence-corrected chi connectivity index (χ2v) is 6.93. The molecule has 0 aromatic rings. The van der Waals surface area contributed by atoms with Crippen LogP contribution in [0.3, 0.4) is 0 Å². The minimum atomic E-state index is -0.869. The second kappa shape index (κ2) is 4.56. The number of rotatable bonds is 3. The molecule has 2 atom stereocenters. The molecule has 0 aromatic heterocycles. The molecule has 0 heterocycles. The fraction of sp³-hybridized carbons (Fsp3) is 0.500. The zero-order chi connectivity index (χ0) is 11.6. The first-order chi connectivity index (χ1) is 6.89. The van der Waals surface area contributed by atoms with Crippen molar-refractivity contribution in [3.05, 3.63) is 28.4 Å². The number of quaternary nitrogens is 1. The molecule has 7 heteroatoms. The molecule has 0 saturated heterocycles. The van der Waals surface area contributed by atoms with E-state index in [2.05, 4.69) is 11.9 Å². The fourth-order valence-corrected chi connectivity index (χ4v) is 2.88. The standard InChI is InChI=1S/C8H16IN4O2/c1-8(9-2)4-5(10)6(3-7(8)11)15-13(12)14/h3,13H,4,10-12H2,1-2H3/q-1. The van der Waals surface area contributed by atoms with Crippen LogP contribution in [-0.4, -0.2) is 8.35 Å². The molecule has 88 valence electrons. The monoisotopic (exact) mass is 327 g/mol. The molecule has 1 rings (SSSR count). The van der Waals surface area contributed by atoms with E-state index in [0.29, 0.717) is 17.8 Å². The molecule has 0 bridgehead atoms. The van der Waals surface area contributed by atoms with E-state index in [1.807, 2.05) is 0 Å². The van der Waals surface area contributed by atoms with Crippen LogP contribution in [0.5, 0.6) is 0 Å². The Morgan fingerprint density at radius 1 is 1.60 bits per heavy atom. The van der Waals surface area contributed by atoms with E-state index in [1.165, 1.54) is 0 Å². The van der Waals surface area contributed by atoms with E-state index >= 15 is 0 Å². The maximum absolute atomic E-state index is 10.6. The van der Waals surface area contributed by atoms with Crippen molar-refractivity contribution < 1.29 is 31.4 Å². The van der Waals surface area contributed by atoms with E-state index in [0.717, 1.165) is 0 Å². The summed E-state index contributed by atoms with van der Waals surface area (Å²) in [5, 5.41) is 9.73. The molecule has 1 aliphatic rings. The summed E-state index contributed by atoms with van der Waals surface area (Å²) in [6.45, 7) is 2.07. The van der Waals surface area contributed by atoms with Gasteiger partial charge < -0.3 is 0 Å². The Labute approximate surface area is 98.9 Å². The Balaban J connectivity index is 2.92. The minimum absolute atomic E-state index is 0.0481. The van der Waals surface area contributed by atoms with Gasteiger partial charge in [0.25, 0.3) is 0 Å². The average Bonchev–Trinajstić information content (AvgIpc) is 2.13. The number of nitrogens with one attached hydrogen (secondary N) is 1. The predicted molar refractivity (Wildman–Crippen MR) is 52.0 cm³/mol. The molecule has 0 saturated carbocycles. The van der Waals surface area contributed by atoms with Gasteiger partial charge in [-0.1, -0.05) is 0 Å². The normalized spacial score (nSPS) is 28.9. The third-order valence-corrected chi connectivity index (χ3v) is 5.74. The van der Waals surface area contributed by atoms with Gasteiger partial charge in [-0.05, 0) is 0 Å². The third-order valence-electron chi connectivity index (χ3n) is 2.36. The molecule has 7 N–H and O–H groups in total. The van der Waals surface area contributed by atoms with Crippen molar-refractivity contribution in [1.29, 1.82) is 0 Å². The van der Waals surface area contributed by atoms with Crippen LogP contribution in [0.25, 0.3) is 0 Å². The Kier molecular flexibility index (Phi) is 3.82. The molecule has 1 aliphatic carbocycles. The van der Waals surface area contributed by atoms with Crippen molar-refractivity contribution in [2.45, 2.75) is 16.8 Å². The molecule has 0 spiro atoms. The molecular formula is C8H16IN4O2-. The van der Waals surface area contributed by atoms with Crippen LogP contribution >= 0.6 is 0 Å². The van der Waals surface area contributed by atoms with Gasteiger partial charge in [0, 0.05) is 0 Å². The summed E-state index contributed by atoms with van der Waals surface area (Å²) < 4.78 is -0.0481. The van der Waals surface area contributed by atoms with Crippen molar-refractivity contribution in [2.75, 3.05) is 4.93 Å². The number of nitrogens with two attached hydrogens (primary N) is 3. The average molecular weight is 327 g/mol. The van der Waals surface area contributed by atoms with Crippen LogP contribution < -0.4 is 43.9 Å². The van der Waals surface area contributed by atoms with Crippen molar-refractivity contribution in [2.24, 2.45) is 17.3 Å². The van der Waals surface area contributed by atoms with Crippen molar-refractivity contribution >= 4 is 0 Å². The molecule has 0 aromatic carbocycles. The van der Waals surface area contributed by atoms with Crippen molar-refractivity contribution in [1.82, 2.24) is 0 Å². The molecule has 15 heavy (non-hydrogen) atoms. The Hall–Kier alpha value is -0.510. The van der Waals surface area contributed by atoms with Gasteiger partial charge in [0.1, 0.15) is 0 Å². The SMILES string of the molecule is C[I-]C1(C)CC(N)=C(O[NH+](N)[O-])C=C1N. The molecule has 0 fully saturated rings.